The molecular formula is C15H14Cl2FN. The average Bonchev–Trinajstić information content (AvgIpc) is 2.40. The molecule has 0 saturated heterocycles. The van der Waals surface area contributed by atoms with Crippen LogP contribution in [0.1, 0.15) is 12.5 Å². The van der Waals surface area contributed by atoms with Gasteiger partial charge < -0.3 is 5.32 Å². The molecule has 0 heterocycles. The Morgan fingerprint density at radius 2 is 1.89 bits per heavy atom. The van der Waals surface area contributed by atoms with Gasteiger partial charge in [0, 0.05) is 12.1 Å². The number of benzene rings is 2. The highest BCUT2D eigenvalue weighted by molar-refractivity contribution is 6.43. The SMILES string of the molecule is CCNCc1cc(F)ccc1-c1cccc(Cl)c1Cl. The molecule has 1 nitrogen and oxygen atoms in total. The first kappa shape index (κ1) is 14.3. The van der Waals surface area contributed by atoms with Crippen molar-refractivity contribution in [1.29, 1.82) is 0 Å². The van der Waals surface area contributed by atoms with E-state index in [1.807, 2.05) is 19.1 Å². The summed E-state index contributed by atoms with van der Waals surface area (Å²) in [7, 11) is 0. The predicted octanol–water partition coefficient (Wildman–Crippen LogP) is 4.91. The van der Waals surface area contributed by atoms with Gasteiger partial charge in [-0.15, -0.1) is 0 Å². The molecule has 2 rings (SSSR count). The maximum absolute atomic E-state index is 13.4. The van der Waals surface area contributed by atoms with Crippen molar-refractivity contribution in [2.75, 3.05) is 6.54 Å². The molecule has 2 aromatic rings. The lowest BCUT2D eigenvalue weighted by Crippen LogP contribution is -2.12. The lowest BCUT2D eigenvalue weighted by Gasteiger charge is -2.12. The minimum Gasteiger partial charge on any atom is -0.313 e. The molecule has 1 N–H and O–H groups in total. The van der Waals surface area contributed by atoms with Crippen LogP contribution < -0.4 is 5.32 Å². The minimum atomic E-state index is -0.255. The van der Waals surface area contributed by atoms with Gasteiger partial charge in [0.05, 0.1) is 10.0 Å². The highest BCUT2D eigenvalue weighted by Crippen LogP contribution is 2.35. The van der Waals surface area contributed by atoms with Crippen molar-refractivity contribution in [3.05, 3.63) is 57.8 Å². The Morgan fingerprint density at radius 1 is 1.11 bits per heavy atom. The second kappa shape index (κ2) is 6.38. The van der Waals surface area contributed by atoms with Crippen LogP contribution in [0.15, 0.2) is 36.4 Å². The van der Waals surface area contributed by atoms with E-state index in [1.165, 1.54) is 12.1 Å². The van der Waals surface area contributed by atoms with E-state index in [1.54, 1.807) is 12.1 Å². The number of hydrogen-bond acceptors (Lipinski definition) is 1. The van der Waals surface area contributed by atoms with E-state index in [9.17, 15) is 4.39 Å². The van der Waals surface area contributed by atoms with Gasteiger partial charge in [0.25, 0.3) is 0 Å². The maximum Gasteiger partial charge on any atom is 0.123 e. The molecular weight excluding hydrogens is 284 g/mol. The molecule has 0 aliphatic rings. The Morgan fingerprint density at radius 3 is 2.63 bits per heavy atom. The third-order valence-electron chi connectivity index (χ3n) is 2.87. The molecule has 0 atom stereocenters. The van der Waals surface area contributed by atoms with Gasteiger partial charge in [0.15, 0.2) is 0 Å². The van der Waals surface area contributed by atoms with E-state index in [2.05, 4.69) is 5.32 Å². The highest BCUT2D eigenvalue weighted by atomic mass is 35.5. The van der Waals surface area contributed by atoms with Gasteiger partial charge in [-0.25, -0.2) is 4.39 Å². The smallest absolute Gasteiger partial charge is 0.123 e. The average molecular weight is 298 g/mol. The van der Waals surface area contributed by atoms with Crippen molar-refractivity contribution < 1.29 is 4.39 Å². The zero-order valence-corrected chi connectivity index (χ0v) is 12.0. The molecule has 0 radical (unpaired) electrons. The van der Waals surface area contributed by atoms with E-state index < -0.39 is 0 Å². The van der Waals surface area contributed by atoms with Crippen LogP contribution in [0.3, 0.4) is 0 Å². The maximum atomic E-state index is 13.4. The summed E-state index contributed by atoms with van der Waals surface area (Å²) in [6, 6.07) is 10.2. The first-order chi connectivity index (χ1) is 9.13. The molecule has 4 heteroatoms. The molecule has 0 amide bonds. The van der Waals surface area contributed by atoms with E-state index >= 15 is 0 Å². The molecule has 0 bridgehead atoms. The fourth-order valence-electron chi connectivity index (χ4n) is 1.94. The normalized spacial score (nSPS) is 10.7. The number of halogens is 3. The predicted molar refractivity (Wildman–Crippen MR) is 79.2 cm³/mol. The standard InChI is InChI=1S/C15H14Cl2FN/c1-2-19-9-10-8-11(18)6-7-12(10)13-4-3-5-14(16)15(13)17/h3-8,19H,2,9H2,1H3. The van der Waals surface area contributed by atoms with Crippen molar-refractivity contribution in [3.63, 3.8) is 0 Å². The fourth-order valence-corrected chi connectivity index (χ4v) is 2.35. The molecule has 0 spiro atoms. The molecule has 19 heavy (non-hydrogen) atoms. The molecule has 0 fully saturated rings. The zero-order chi connectivity index (χ0) is 13.8. The molecule has 0 saturated carbocycles. The zero-order valence-electron chi connectivity index (χ0n) is 10.5. The summed E-state index contributed by atoms with van der Waals surface area (Å²) in [5, 5.41) is 4.19. The quantitative estimate of drug-likeness (QED) is 0.845. The largest absolute Gasteiger partial charge is 0.313 e. The lowest BCUT2D eigenvalue weighted by atomic mass is 9.99. The Bertz CT molecular complexity index is 584. The van der Waals surface area contributed by atoms with Gasteiger partial charge in [-0.05, 0) is 35.9 Å². The summed E-state index contributed by atoms with van der Waals surface area (Å²) in [6.07, 6.45) is 0. The van der Waals surface area contributed by atoms with E-state index in [0.717, 1.165) is 23.2 Å². The van der Waals surface area contributed by atoms with Gasteiger partial charge in [-0.2, -0.15) is 0 Å². The summed E-state index contributed by atoms with van der Waals surface area (Å²) in [4.78, 5) is 0. The van der Waals surface area contributed by atoms with Crippen LogP contribution in [0.25, 0.3) is 11.1 Å². The summed E-state index contributed by atoms with van der Waals surface area (Å²) in [6.45, 7) is 3.41. The van der Waals surface area contributed by atoms with Crippen LogP contribution in [0, 0.1) is 5.82 Å². The van der Waals surface area contributed by atoms with Crippen LogP contribution in [0.5, 0.6) is 0 Å². The molecule has 0 aromatic heterocycles. The number of nitrogens with one attached hydrogen (secondary N) is 1. The Kier molecular flexibility index (Phi) is 4.81. The fraction of sp³-hybridized carbons (Fsp3) is 0.200. The van der Waals surface area contributed by atoms with Crippen LogP contribution in [-0.4, -0.2) is 6.54 Å². The highest BCUT2D eigenvalue weighted by Gasteiger charge is 2.11. The van der Waals surface area contributed by atoms with Crippen LogP contribution >= 0.6 is 23.2 Å². The topological polar surface area (TPSA) is 12.0 Å². The van der Waals surface area contributed by atoms with Gasteiger partial charge in [-0.3, -0.25) is 0 Å². The lowest BCUT2D eigenvalue weighted by molar-refractivity contribution is 0.622. The van der Waals surface area contributed by atoms with Crippen LogP contribution in [0.2, 0.25) is 10.0 Å². The molecule has 2 aromatic carbocycles. The first-order valence-corrected chi connectivity index (χ1v) is 6.82. The van der Waals surface area contributed by atoms with Crippen molar-refractivity contribution >= 4 is 23.2 Å². The van der Waals surface area contributed by atoms with E-state index in [-0.39, 0.29) is 5.82 Å². The van der Waals surface area contributed by atoms with Crippen LogP contribution in [-0.2, 0) is 6.54 Å². The van der Waals surface area contributed by atoms with Gasteiger partial charge >= 0.3 is 0 Å². The van der Waals surface area contributed by atoms with E-state index in [0.29, 0.717) is 16.6 Å². The summed E-state index contributed by atoms with van der Waals surface area (Å²) in [5.74, 6) is -0.255. The molecule has 0 aliphatic carbocycles. The van der Waals surface area contributed by atoms with Crippen molar-refractivity contribution in [2.45, 2.75) is 13.5 Å². The number of rotatable bonds is 4. The van der Waals surface area contributed by atoms with E-state index in [4.69, 9.17) is 23.2 Å². The molecule has 0 aliphatic heterocycles. The Hall–Kier alpha value is -1.09. The monoisotopic (exact) mass is 297 g/mol. The molecule has 0 unspecified atom stereocenters. The summed E-state index contributed by atoms with van der Waals surface area (Å²) < 4.78 is 13.4. The van der Waals surface area contributed by atoms with Crippen molar-refractivity contribution in [2.24, 2.45) is 0 Å². The van der Waals surface area contributed by atoms with Crippen LogP contribution in [0.4, 0.5) is 4.39 Å². The van der Waals surface area contributed by atoms with Crippen molar-refractivity contribution in [3.8, 4) is 11.1 Å². The third-order valence-corrected chi connectivity index (χ3v) is 3.69. The first-order valence-electron chi connectivity index (χ1n) is 6.07. The van der Waals surface area contributed by atoms with Gasteiger partial charge in [0.2, 0.25) is 0 Å². The third kappa shape index (κ3) is 3.27. The second-order valence-electron chi connectivity index (χ2n) is 4.18. The second-order valence-corrected chi connectivity index (χ2v) is 4.97. The number of hydrogen-bond donors (Lipinski definition) is 1. The van der Waals surface area contributed by atoms with Gasteiger partial charge in [-0.1, -0.05) is 48.3 Å². The Balaban J connectivity index is 2.51. The minimum absolute atomic E-state index is 0.255. The van der Waals surface area contributed by atoms with Crippen molar-refractivity contribution in [1.82, 2.24) is 5.32 Å². The molecule has 100 valence electrons. The summed E-state index contributed by atoms with van der Waals surface area (Å²) >= 11 is 12.3. The summed E-state index contributed by atoms with van der Waals surface area (Å²) in [5.41, 5.74) is 2.59. The Labute approximate surface area is 122 Å². The van der Waals surface area contributed by atoms with Gasteiger partial charge in [0.1, 0.15) is 5.82 Å².